The molecule has 0 unspecified atom stereocenters. The maximum absolute atomic E-state index is 11.2. The van der Waals surface area contributed by atoms with E-state index in [0.717, 1.165) is 11.3 Å². The first-order valence-electron chi connectivity index (χ1n) is 7.70. The number of nitriles is 1. The summed E-state index contributed by atoms with van der Waals surface area (Å²) in [5.74, 6) is 0. The number of amidine groups is 1. The lowest BCUT2D eigenvalue weighted by atomic mass is 10.1. The Kier molecular flexibility index (Phi) is 5.80. The number of nitro groups is 1. The van der Waals surface area contributed by atoms with Crippen LogP contribution in [0.15, 0.2) is 58.9 Å². The summed E-state index contributed by atoms with van der Waals surface area (Å²) in [5.41, 5.74) is 2.76. The molecule has 0 aliphatic rings. The highest BCUT2D eigenvalue weighted by atomic mass is 32.2. The highest BCUT2D eigenvalue weighted by Crippen LogP contribution is 2.37. The predicted molar refractivity (Wildman–Crippen MR) is 109 cm³/mol. The third kappa shape index (κ3) is 4.31. The van der Waals surface area contributed by atoms with Crippen molar-refractivity contribution in [2.75, 3.05) is 6.26 Å². The Morgan fingerprint density at radius 1 is 1.33 bits per heavy atom. The second kappa shape index (κ2) is 8.44. The lowest BCUT2D eigenvalue weighted by Crippen LogP contribution is -2.12. The van der Waals surface area contributed by atoms with Gasteiger partial charge in [-0.25, -0.2) is 9.98 Å². The van der Waals surface area contributed by atoms with Crippen LogP contribution in [0, 0.1) is 21.6 Å². The fourth-order valence-electron chi connectivity index (χ4n) is 2.33. The zero-order chi connectivity index (χ0) is 19.2. The quantitative estimate of drug-likeness (QED) is 0.170. The summed E-state index contributed by atoms with van der Waals surface area (Å²) in [7, 11) is 0. The molecular formula is C18H13N5O2S2. The average Bonchev–Trinajstić information content (AvgIpc) is 3.18. The molecule has 0 radical (unpaired) electrons. The molecule has 2 aromatic carbocycles. The van der Waals surface area contributed by atoms with Crippen molar-refractivity contribution in [2.45, 2.75) is 0 Å². The molecular weight excluding hydrogens is 382 g/mol. The molecule has 0 bridgehead atoms. The number of hydrogen-bond acceptors (Lipinski definition) is 7. The second-order valence-electron chi connectivity index (χ2n) is 5.22. The molecule has 1 N–H and O–H groups in total. The Morgan fingerprint density at radius 3 is 2.78 bits per heavy atom. The zero-order valence-electron chi connectivity index (χ0n) is 14.1. The molecule has 27 heavy (non-hydrogen) atoms. The Balaban J connectivity index is 2.10. The van der Waals surface area contributed by atoms with Crippen LogP contribution in [-0.2, 0) is 0 Å². The van der Waals surface area contributed by atoms with Gasteiger partial charge in [-0.05, 0) is 12.3 Å². The molecule has 3 rings (SSSR count). The molecule has 7 nitrogen and oxygen atoms in total. The number of nitrogens with zero attached hydrogens (tertiary/aromatic N) is 4. The molecule has 3 aromatic rings. The van der Waals surface area contributed by atoms with Crippen molar-refractivity contribution < 1.29 is 4.92 Å². The first kappa shape index (κ1) is 18.6. The van der Waals surface area contributed by atoms with Crippen LogP contribution in [0.5, 0.6) is 0 Å². The molecule has 1 heterocycles. The van der Waals surface area contributed by atoms with E-state index in [2.05, 4.69) is 15.3 Å². The van der Waals surface area contributed by atoms with Crippen LogP contribution in [0.25, 0.3) is 21.8 Å². The van der Waals surface area contributed by atoms with Crippen LogP contribution >= 0.6 is 23.1 Å². The lowest BCUT2D eigenvalue weighted by Gasteiger charge is -2.05. The van der Waals surface area contributed by atoms with Gasteiger partial charge >= 0.3 is 0 Å². The van der Waals surface area contributed by atoms with Gasteiger partial charge in [0.05, 0.1) is 16.3 Å². The van der Waals surface area contributed by atoms with Crippen LogP contribution in [0.3, 0.4) is 0 Å². The van der Waals surface area contributed by atoms with Crippen molar-refractivity contribution in [2.24, 2.45) is 4.99 Å². The molecule has 0 amide bonds. The highest BCUT2D eigenvalue weighted by molar-refractivity contribution is 8.13. The number of thioether (sulfide) groups is 1. The van der Waals surface area contributed by atoms with Crippen molar-refractivity contribution in [3.8, 4) is 28.0 Å². The molecule has 0 fully saturated rings. The van der Waals surface area contributed by atoms with Crippen molar-refractivity contribution in [3.05, 3.63) is 64.0 Å². The van der Waals surface area contributed by atoms with Crippen LogP contribution in [0.2, 0.25) is 0 Å². The maximum Gasteiger partial charge on any atom is 0.270 e. The number of nitrogens with one attached hydrogen (secondary N) is 1. The van der Waals surface area contributed by atoms with Crippen LogP contribution in [-0.4, -0.2) is 21.3 Å². The number of nitro benzene ring substituents is 1. The lowest BCUT2D eigenvalue weighted by molar-refractivity contribution is -0.384. The van der Waals surface area contributed by atoms with Gasteiger partial charge in [0.1, 0.15) is 5.01 Å². The number of non-ortho nitro benzene ring substituents is 1. The smallest absolute Gasteiger partial charge is 0.270 e. The van der Waals surface area contributed by atoms with Gasteiger partial charge < -0.3 is 0 Å². The molecule has 9 heteroatoms. The summed E-state index contributed by atoms with van der Waals surface area (Å²) >= 11 is 2.66. The molecule has 0 aliphatic carbocycles. The second-order valence-corrected chi connectivity index (χ2v) is 6.87. The van der Waals surface area contributed by atoms with E-state index in [1.807, 2.05) is 41.9 Å². The van der Waals surface area contributed by atoms with Gasteiger partial charge in [-0.1, -0.05) is 42.1 Å². The summed E-state index contributed by atoms with van der Waals surface area (Å²) in [6.45, 7) is 0. The number of rotatable bonds is 4. The fourth-order valence-corrected chi connectivity index (χ4v) is 3.52. The van der Waals surface area contributed by atoms with Crippen LogP contribution in [0.1, 0.15) is 0 Å². The maximum atomic E-state index is 11.2. The molecule has 1 aromatic heterocycles. The largest absolute Gasteiger partial charge is 0.271 e. The van der Waals surface area contributed by atoms with Crippen LogP contribution < -0.4 is 5.32 Å². The van der Waals surface area contributed by atoms with Crippen molar-refractivity contribution >= 4 is 39.6 Å². The summed E-state index contributed by atoms with van der Waals surface area (Å²) in [6, 6.07) is 14.1. The number of thiazole rings is 1. The van der Waals surface area contributed by atoms with E-state index in [1.54, 1.807) is 12.3 Å². The minimum absolute atomic E-state index is 0.0423. The Hall–Kier alpha value is -3.22. The van der Waals surface area contributed by atoms with Gasteiger partial charge in [0.15, 0.2) is 11.4 Å². The van der Waals surface area contributed by atoms with Gasteiger partial charge in [-0.15, -0.1) is 11.3 Å². The normalized spacial score (nSPS) is 11.0. The monoisotopic (exact) mass is 395 g/mol. The molecule has 0 spiro atoms. The predicted octanol–water partition coefficient (Wildman–Crippen LogP) is 4.81. The SMILES string of the molecule is CSC(=Nc1ccc([N+](=O)[O-])cc1-c1nc(-c2ccccc2)cs1)NC#N. The van der Waals surface area contributed by atoms with Gasteiger partial charge in [-0.3, -0.25) is 15.4 Å². The van der Waals surface area contributed by atoms with E-state index >= 15 is 0 Å². The van der Waals surface area contributed by atoms with Gasteiger partial charge in [0.25, 0.3) is 5.69 Å². The third-order valence-corrected chi connectivity index (χ3v) is 5.03. The summed E-state index contributed by atoms with van der Waals surface area (Å²) < 4.78 is 0. The first-order chi connectivity index (χ1) is 13.1. The number of benzene rings is 2. The van der Waals surface area contributed by atoms with Gasteiger partial charge in [0, 0.05) is 28.6 Å². The highest BCUT2D eigenvalue weighted by Gasteiger charge is 2.16. The van der Waals surface area contributed by atoms with Gasteiger partial charge in [-0.2, -0.15) is 5.26 Å². The van der Waals surface area contributed by atoms with Crippen molar-refractivity contribution in [3.63, 3.8) is 0 Å². The molecule has 0 aliphatic heterocycles. The minimum Gasteiger partial charge on any atom is -0.271 e. The molecule has 0 saturated carbocycles. The van der Waals surface area contributed by atoms with E-state index in [1.165, 1.54) is 35.2 Å². The van der Waals surface area contributed by atoms with E-state index < -0.39 is 4.92 Å². The molecule has 0 saturated heterocycles. The fraction of sp³-hybridized carbons (Fsp3) is 0.0556. The zero-order valence-corrected chi connectivity index (χ0v) is 15.8. The summed E-state index contributed by atoms with van der Waals surface area (Å²) in [4.78, 5) is 19.8. The van der Waals surface area contributed by atoms with Crippen molar-refractivity contribution in [1.29, 1.82) is 5.26 Å². The summed E-state index contributed by atoms with van der Waals surface area (Å²) in [6.07, 6.45) is 3.61. The number of aliphatic imine (C=N–C) groups is 1. The van der Waals surface area contributed by atoms with Gasteiger partial charge in [0.2, 0.25) is 0 Å². The number of aromatic nitrogens is 1. The topological polar surface area (TPSA) is 104 Å². The number of hydrogen-bond donors (Lipinski definition) is 1. The average molecular weight is 395 g/mol. The van der Waals surface area contributed by atoms with E-state index in [4.69, 9.17) is 5.26 Å². The first-order valence-corrected chi connectivity index (χ1v) is 9.80. The molecule has 0 atom stereocenters. The third-order valence-electron chi connectivity index (χ3n) is 3.57. The Bertz CT molecular complexity index is 1040. The van der Waals surface area contributed by atoms with Crippen molar-refractivity contribution in [1.82, 2.24) is 10.3 Å². The standard InChI is InChI=1S/C18H13N5O2S2/c1-26-18(20-11-19)22-15-8-7-13(23(24)25)9-14(15)17-21-16(10-27-17)12-5-3-2-4-6-12/h2-10H,1H3,(H,20,22). The Morgan fingerprint density at radius 2 is 2.11 bits per heavy atom. The Labute approximate surface area is 163 Å². The van der Waals surface area contributed by atoms with E-state index in [-0.39, 0.29) is 5.69 Å². The molecule has 134 valence electrons. The van der Waals surface area contributed by atoms with E-state index in [0.29, 0.717) is 21.4 Å². The van der Waals surface area contributed by atoms with Crippen LogP contribution in [0.4, 0.5) is 11.4 Å². The van der Waals surface area contributed by atoms with E-state index in [9.17, 15) is 10.1 Å². The summed E-state index contributed by atoms with van der Waals surface area (Å²) in [5, 5.41) is 25.4. The minimum atomic E-state index is -0.453.